The lowest BCUT2D eigenvalue weighted by Gasteiger charge is -2.18. The van der Waals surface area contributed by atoms with Crippen molar-refractivity contribution in [2.45, 2.75) is 5.06 Å². The first-order valence-electron chi connectivity index (χ1n) is 2.83. The van der Waals surface area contributed by atoms with Crippen LogP contribution in [0.15, 0.2) is 24.3 Å². The summed E-state index contributed by atoms with van der Waals surface area (Å²) in [6.07, 6.45) is 5.79. The quantitative estimate of drug-likeness (QED) is 0.537. The van der Waals surface area contributed by atoms with E-state index in [0.29, 0.717) is 0 Å². The van der Waals surface area contributed by atoms with Gasteiger partial charge in [0, 0.05) is 7.11 Å². The van der Waals surface area contributed by atoms with Gasteiger partial charge in [0.15, 0.2) is 10.8 Å². The standard InChI is InChI=1S/C7H7ClO2/c1-10-7(8)4-2-6(9)3-5-7/h2-5H,1H3. The summed E-state index contributed by atoms with van der Waals surface area (Å²) in [6, 6.07) is 0. The number of ether oxygens (including phenoxy) is 1. The highest BCUT2D eigenvalue weighted by Crippen LogP contribution is 2.22. The molecule has 0 N–H and O–H groups in total. The molecule has 1 rings (SSSR count). The SMILES string of the molecule is COC1(Cl)C=CC(=O)C=C1. The van der Waals surface area contributed by atoms with Gasteiger partial charge in [0.05, 0.1) is 0 Å². The molecule has 0 saturated carbocycles. The molecule has 0 saturated heterocycles. The number of halogens is 1. The van der Waals surface area contributed by atoms with E-state index in [1.807, 2.05) is 0 Å². The molecule has 0 heterocycles. The van der Waals surface area contributed by atoms with Crippen LogP contribution in [-0.2, 0) is 9.53 Å². The summed E-state index contributed by atoms with van der Waals surface area (Å²) in [7, 11) is 1.48. The van der Waals surface area contributed by atoms with Crippen molar-refractivity contribution in [2.75, 3.05) is 7.11 Å². The highest BCUT2D eigenvalue weighted by Gasteiger charge is 2.21. The lowest BCUT2D eigenvalue weighted by Crippen LogP contribution is -2.20. The van der Waals surface area contributed by atoms with Gasteiger partial charge in [-0.05, 0) is 24.3 Å². The Balaban J connectivity index is 2.78. The summed E-state index contributed by atoms with van der Waals surface area (Å²) in [5, 5.41) is -0.909. The molecule has 3 heteroatoms. The molecule has 1 aliphatic rings. The fraction of sp³-hybridized carbons (Fsp3) is 0.286. The maximum Gasteiger partial charge on any atom is 0.179 e. The Hall–Kier alpha value is -0.600. The van der Waals surface area contributed by atoms with Crippen molar-refractivity contribution in [1.82, 2.24) is 0 Å². The summed E-state index contributed by atoms with van der Waals surface area (Å²) in [5.41, 5.74) is 0. The van der Waals surface area contributed by atoms with Crippen LogP contribution in [-0.4, -0.2) is 18.0 Å². The number of hydrogen-bond donors (Lipinski definition) is 0. The Kier molecular flexibility index (Phi) is 1.92. The zero-order valence-electron chi connectivity index (χ0n) is 5.50. The summed E-state index contributed by atoms with van der Waals surface area (Å²) in [6.45, 7) is 0. The van der Waals surface area contributed by atoms with Crippen molar-refractivity contribution in [1.29, 1.82) is 0 Å². The molecule has 0 radical (unpaired) electrons. The number of methoxy groups -OCH3 is 1. The average Bonchev–Trinajstić information content (AvgIpc) is 1.96. The van der Waals surface area contributed by atoms with Crippen molar-refractivity contribution in [3.8, 4) is 0 Å². The summed E-state index contributed by atoms with van der Waals surface area (Å²) in [4.78, 5) is 10.6. The average molecular weight is 159 g/mol. The van der Waals surface area contributed by atoms with Crippen molar-refractivity contribution in [3.63, 3.8) is 0 Å². The molecule has 54 valence electrons. The number of rotatable bonds is 1. The predicted molar refractivity (Wildman–Crippen MR) is 38.9 cm³/mol. The third-order valence-corrected chi connectivity index (χ3v) is 1.67. The van der Waals surface area contributed by atoms with E-state index in [1.54, 1.807) is 0 Å². The fourth-order valence-corrected chi connectivity index (χ4v) is 0.765. The minimum Gasteiger partial charge on any atom is -0.356 e. The number of allylic oxidation sites excluding steroid dienone is 2. The van der Waals surface area contributed by atoms with E-state index in [0.717, 1.165) is 0 Å². The van der Waals surface area contributed by atoms with E-state index in [4.69, 9.17) is 16.3 Å². The molecule has 0 fully saturated rings. The van der Waals surface area contributed by atoms with E-state index in [1.165, 1.54) is 31.4 Å². The van der Waals surface area contributed by atoms with E-state index >= 15 is 0 Å². The first-order valence-corrected chi connectivity index (χ1v) is 3.20. The molecule has 2 nitrogen and oxygen atoms in total. The zero-order chi connectivity index (χ0) is 7.61. The largest absolute Gasteiger partial charge is 0.356 e. The van der Waals surface area contributed by atoms with Crippen LogP contribution in [0.2, 0.25) is 0 Å². The van der Waals surface area contributed by atoms with E-state index in [2.05, 4.69) is 0 Å². The minimum atomic E-state index is -0.909. The Morgan fingerprint density at radius 1 is 1.50 bits per heavy atom. The molecular formula is C7H7ClO2. The third kappa shape index (κ3) is 1.46. The Morgan fingerprint density at radius 3 is 2.40 bits per heavy atom. The number of alkyl halides is 1. The summed E-state index contributed by atoms with van der Waals surface area (Å²) in [5.74, 6) is -0.0617. The van der Waals surface area contributed by atoms with E-state index in [9.17, 15) is 4.79 Å². The predicted octanol–water partition coefficient (Wildman–Crippen LogP) is 1.26. The molecule has 0 amide bonds. The monoisotopic (exact) mass is 158 g/mol. The van der Waals surface area contributed by atoms with Crippen LogP contribution in [0.1, 0.15) is 0 Å². The fourth-order valence-electron chi connectivity index (χ4n) is 0.639. The second-order valence-corrected chi connectivity index (χ2v) is 2.56. The van der Waals surface area contributed by atoms with Gasteiger partial charge in [0.25, 0.3) is 0 Å². The van der Waals surface area contributed by atoms with Gasteiger partial charge in [-0.2, -0.15) is 0 Å². The summed E-state index contributed by atoms with van der Waals surface area (Å²) >= 11 is 5.78. The molecule has 0 aliphatic heterocycles. The molecular weight excluding hydrogens is 152 g/mol. The van der Waals surface area contributed by atoms with Gasteiger partial charge >= 0.3 is 0 Å². The second kappa shape index (κ2) is 2.56. The Morgan fingerprint density at radius 2 is 2.00 bits per heavy atom. The van der Waals surface area contributed by atoms with Crippen LogP contribution < -0.4 is 0 Å². The molecule has 0 bridgehead atoms. The van der Waals surface area contributed by atoms with Gasteiger partial charge in [-0.15, -0.1) is 0 Å². The van der Waals surface area contributed by atoms with Gasteiger partial charge in [-0.3, -0.25) is 4.79 Å². The lowest BCUT2D eigenvalue weighted by molar-refractivity contribution is -0.110. The van der Waals surface area contributed by atoms with Crippen molar-refractivity contribution in [2.24, 2.45) is 0 Å². The Bertz CT molecular complexity index is 190. The Labute approximate surface area is 64.1 Å². The van der Waals surface area contributed by atoms with E-state index < -0.39 is 5.06 Å². The molecule has 0 aromatic rings. The van der Waals surface area contributed by atoms with Crippen LogP contribution in [0.4, 0.5) is 0 Å². The maximum absolute atomic E-state index is 10.6. The minimum absolute atomic E-state index is 0.0617. The lowest BCUT2D eigenvalue weighted by atomic mass is 10.1. The number of carbonyl (C=O) groups is 1. The topological polar surface area (TPSA) is 26.3 Å². The van der Waals surface area contributed by atoms with E-state index in [-0.39, 0.29) is 5.78 Å². The molecule has 1 aliphatic carbocycles. The number of hydrogen-bond acceptors (Lipinski definition) is 2. The molecule has 0 aromatic carbocycles. The van der Waals surface area contributed by atoms with Crippen molar-refractivity contribution < 1.29 is 9.53 Å². The molecule has 10 heavy (non-hydrogen) atoms. The van der Waals surface area contributed by atoms with Gasteiger partial charge in [-0.1, -0.05) is 11.6 Å². The number of carbonyl (C=O) groups excluding carboxylic acids is 1. The molecule has 0 aromatic heterocycles. The smallest absolute Gasteiger partial charge is 0.179 e. The second-order valence-electron chi connectivity index (χ2n) is 1.97. The van der Waals surface area contributed by atoms with Crippen LogP contribution in [0.25, 0.3) is 0 Å². The first-order chi connectivity index (χ1) is 4.66. The van der Waals surface area contributed by atoms with Crippen LogP contribution in [0.5, 0.6) is 0 Å². The molecule has 0 spiro atoms. The van der Waals surface area contributed by atoms with Gasteiger partial charge in [0.1, 0.15) is 0 Å². The highest BCUT2D eigenvalue weighted by molar-refractivity contribution is 6.26. The van der Waals surface area contributed by atoms with Crippen LogP contribution in [0.3, 0.4) is 0 Å². The summed E-state index contributed by atoms with van der Waals surface area (Å²) < 4.78 is 4.87. The molecule has 0 unspecified atom stereocenters. The first kappa shape index (κ1) is 7.51. The maximum atomic E-state index is 10.6. The van der Waals surface area contributed by atoms with Gasteiger partial charge in [-0.25, -0.2) is 0 Å². The third-order valence-electron chi connectivity index (χ3n) is 1.26. The highest BCUT2D eigenvalue weighted by atomic mass is 35.5. The number of ketones is 1. The zero-order valence-corrected chi connectivity index (χ0v) is 6.26. The normalized spacial score (nSPS) is 21.6. The van der Waals surface area contributed by atoms with Crippen LogP contribution >= 0.6 is 11.6 Å². The van der Waals surface area contributed by atoms with Crippen molar-refractivity contribution >= 4 is 17.4 Å². The van der Waals surface area contributed by atoms with Gasteiger partial charge < -0.3 is 4.74 Å². The van der Waals surface area contributed by atoms with Crippen LogP contribution in [0, 0.1) is 0 Å². The molecule has 0 atom stereocenters. The van der Waals surface area contributed by atoms with Crippen molar-refractivity contribution in [3.05, 3.63) is 24.3 Å². The van der Waals surface area contributed by atoms with Gasteiger partial charge in [0.2, 0.25) is 0 Å².